The van der Waals surface area contributed by atoms with Gasteiger partial charge in [0.2, 0.25) is 0 Å². The van der Waals surface area contributed by atoms with Crippen molar-refractivity contribution in [3.63, 3.8) is 0 Å². The zero-order valence-corrected chi connectivity index (χ0v) is 11.8. The lowest BCUT2D eigenvalue weighted by atomic mass is 9.82. The molecular weight excluding hydrogens is 260 g/mol. The molecule has 0 saturated carbocycles. The SMILES string of the molecule is CCC1(CC)C(=O)OC(c2ccc(OC)cc2)OC1=O. The highest BCUT2D eigenvalue weighted by Gasteiger charge is 2.51. The molecule has 1 heterocycles. The van der Waals surface area contributed by atoms with Crippen molar-refractivity contribution < 1.29 is 23.8 Å². The number of methoxy groups -OCH3 is 1. The Hall–Kier alpha value is -2.04. The number of esters is 2. The maximum absolute atomic E-state index is 12.1. The van der Waals surface area contributed by atoms with Crippen molar-refractivity contribution in [1.82, 2.24) is 0 Å². The van der Waals surface area contributed by atoms with Crippen LogP contribution in [0, 0.1) is 5.41 Å². The van der Waals surface area contributed by atoms with Gasteiger partial charge < -0.3 is 14.2 Å². The van der Waals surface area contributed by atoms with Gasteiger partial charge in [0.05, 0.1) is 7.11 Å². The molecule has 1 saturated heterocycles. The molecule has 0 radical (unpaired) electrons. The Morgan fingerprint density at radius 2 is 1.55 bits per heavy atom. The second kappa shape index (κ2) is 5.53. The van der Waals surface area contributed by atoms with Gasteiger partial charge in [-0.25, -0.2) is 0 Å². The standard InChI is InChI=1S/C15H18O5/c1-4-15(5-2)13(16)19-12(20-14(15)17)10-6-8-11(18-3)9-7-10/h6-9,12H,4-5H2,1-3H3. The first-order valence-corrected chi connectivity index (χ1v) is 6.63. The number of benzene rings is 1. The highest BCUT2D eigenvalue weighted by molar-refractivity contribution is 6.01. The molecule has 0 spiro atoms. The smallest absolute Gasteiger partial charge is 0.326 e. The van der Waals surface area contributed by atoms with Gasteiger partial charge in [0.25, 0.3) is 6.29 Å². The molecule has 0 bridgehead atoms. The molecule has 108 valence electrons. The Labute approximate surface area is 117 Å². The number of carbonyl (C=O) groups excluding carboxylic acids is 2. The zero-order chi connectivity index (χ0) is 14.8. The lowest BCUT2D eigenvalue weighted by molar-refractivity contribution is -0.226. The molecule has 0 atom stereocenters. The third kappa shape index (κ3) is 2.24. The molecule has 5 nitrogen and oxygen atoms in total. The number of hydrogen-bond acceptors (Lipinski definition) is 5. The maximum Gasteiger partial charge on any atom is 0.326 e. The highest BCUT2D eigenvalue weighted by Crippen LogP contribution is 2.38. The average molecular weight is 278 g/mol. The van der Waals surface area contributed by atoms with Crippen LogP contribution in [0.2, 0.25) is 0 Å². The fourth-order valence-electron chi connectivity index (χ4n) is 2.25. The van der Waals surface area contributed by atoms with Crippen LogP contribution in [0.3, 0.4) is 0 Å². The Bertz CT molecular complexity index is 482. The van der Waals surface area contributed by atoms with E-state index in [1.807, 2.05) is 0 Å². The molecule has 0 aliphatic carbocycles. The summed E-state index contributed by atoms with van der Waals surface area (Å²) in [5.74, 6) is -0.349. The van der Waals surface area contributed by atoms with Crippen molar-refractivity contribution in [2.24, 2.45) is 5.41 Å². The van der Waals surface area contributed by atoms with E-state index in [4.69, 9.17) is 14.2 Å². The summed E-state index contributed by atoms with van der Waals surface area (Å²) in [5.41, 5.74) is -0.559. The molecule has 1 aliphatic rings. The van der Waals surface area contributed by atoms with E-state index in [0.29, 0.717) is 24.2 Å². The van der Waals surface area contributed by atoms with Gasteiger partial charge >= 0.3 is 11.9 Å². The van der Waals surface area contributed by atoms with Crippen LogP contribution in [0.25, 0.3) is 0 Å². The van der Waals surface area contributed by atoms with Crippen LogP contribution in [0.5, 0.6) is 5.75 Å². The topological polar surface area (TPSA) is 61.8 Å². The molecule has 0 unspecified atom stereocenters. The second-order valence-corrected chi connectivity index (χ2v) is 4.70. The Morgan fingerprint density at radius 3 is 1.95 bits per heavy atom. The largest absolute Gasteiger partial charge is 0.497 e. The van der Waals surface area contributed by atoms with E-state index in [9.17, 15) is 9.59 Å². The minimum atomic E-state index is -1.16. The molecule has 2 rings (SSSR count). The average Bonchev–Trinajstić information content (AvgIpc) is 2.48. The summed E-state index contributed by atoms with van der Waals surface area (Å²) < 4.78 is 15.6. The van der Waals surface area contributed by atoms with E-state index in [1.165, 1.54) is 0 Å². The van der Waals surface area contributed by atoms with E-state index in [1.54, 1.807) is 45.2 Å². The Kier molecular flexibility index (Phi) is 3.97. The van der Waals surface area contributed by atoms with Gasteiger partial charge in [-0.1, -0.05) is 13.8 Å². The van der Waals surface area contributed by atoms with Gasteiger partial charge in [-0.05, 0) is 37.1 Å². The molecular formula is C15H18O5. The third-order valence-electron chi connectivity index (χ3n) is 3.80. The summed E-state index contributed by atoms with van der Waals surface area (Å²) in [6.07, 6.45) is -0.236. The lowest BCUT2D eigenvalue weighted by Gasteiger charge is -2.35. The lowest BCUT2D eigenvalue weighted by Crippen LogP contribution is -2.46. The van der Waals surface area contributed by atoms with Crippen LogP contribution in [-0.4, -0.2) is 19.0 Å². The van der Waals surface area contributed by atoms with Gasteiger partial charge in [-0.3, -0.25) is 9.59 Å². The molecule has 5 heteroatoms. The Morgan fingerprint density at radius 1 is 1.05 bits per heavy atom. The molecule has 0 amide bonds. The monoisotopic (exact) mass is 278 g/mol. The summed E-state index contributed by atoms with van der Waals surface area (Å²) in [6.45, 7) is 3.56. The number of ether oxygens (including phenoxy) is 3. The maximum atomic E-state index is 12.1. The quantitative estimate of drug-likeness (QED) is 0.625. The molecule has 0 N–H and O–H groups in total. The zero-order valence-electron chi connectivity index (χ0n) is 11.8. The molecule has 0 aromatic heterocycles. The van der Waals surface area contributed by atoms with Crippen molar-refractivity contribution >= 4 is 11.9 Å². The summed E-state index contributed by atoms with van der Waals surface area (Å²) in [7, 11) is 1.56. The van der Waals surface area contributed by atoms with Crippen molar-refractivity contribution in [2.45, 2.75) is 33.0 Å². The highest BCUT2D eigenvalue weighted by atomic mass is 16.7. The summed E-state index contributed by atoms with van der Waals surface area (Å²) in [4.78, 5) is 24.3. The fraction of sp³-hybridized carbons (Fsp3) is 0.467. The molecule has 1 aromatic rings. The van der Waals surface area contributed by atoms with Crippen LogP contribution < -0.4 is 4.74 Å². The van der Waals surface area contributed by atoms with Crippen LogP contribution in [-0.2, 0) is 19.1 Å². The van der Waals surface area contributed by atoms with Crippen LogP contribution >= 0.6 is 0 Å². The van der Waals surface area contributed by atoms with Gasteiger partial charge in [0, 0.05) is 5.56 Å². The Balaban J connectivity index is 2.22. The third-order valence-corrected chi connectivity index (χ3v) is 3.80. The first-order valence-electron chi connectivity index (χ1n) is 6.63. The molecule has 1 aromatic carbocycles. The van der Waals surface area contributed by atoms with E-state index in [-0.39, 0.29) is 0 Å². The van der Waals surface area contributed by atoms with E-state index >= 15 is 0 Å². The van der Waals surface area contributed by atoms with Crippen molar-refractivity contribution in [3.05, 3.63) is 29.8 Å². The van der Waals surface area contributed by atoms with Gasteiger partial charge in [0.1, 0.15) is 5.75 Å². The van der Waals surface area contributed by atoms with Crippen LogP contribution in [0.1, 0.15) is 38.5 Å². The van der Waals surface area contributed by atoms with E-state index in [2.05, 4.69) is 0 Å². The van der Waals surface area contributed by atoms with Crippen LogP contribution in [0.15, 0.2) is 24.3 Å². The predicted octanol–water partition coefficient (Wildman–Crippen LogP) is 2.60. The normalized spacial score (nSPS) is 18.4. The van der Waals surface area contributed by atoms with Gasteiger partial charge in [-0.15, -0.1) is 0 Å². The number of rotatable bonds is 4. The number of hydrogen-bond donors (Lipinski definition) is 0. The number of cyclic esters (lactones) is 2. The predicted molar refractivity (Wildman–Crippen MR) is 70.9 cm³/mol. The van der Waals surface area contributed by atoms with E-state index in [0.717, 1.165) is 0 Å². The minimum Gasteiger partial charge on any atom is -0.497 e. The summed E-state index contributed by atoms with van der Waals surface area (Å²) >= 11 is 0. The second-order valence-electron chi connectivity index (χ2n) is 4.70. The fourth-order valence-corrected chi connectivity index (χ4v) is 2.25. The van der Waals surface area contributed by atoms with Gasteiger partial charge in [-0.2, -0.15) is 0 Å². The first kappa shape index (κ1) is 14.4. The molecule has 1 aliphatic heterocycles. The van der Waals surface area contributed by atoms with Crippen molar-refractivity contribution in [1.29, 1.82) is 0 Å². The first-order chi connectivity index (χ1) is 9.57. The van der Waals surface area contributed by atoms with E-state index < -0.39 is 23.6 Å². The summed E-state index contributed by atoms with van der Waals surface area (Å²) in [6, 6.07) is 6.85. The van der Waals surface area contributed by atoms with Crippen molar-refractivity contribution in [2.75, 3.05) is 7.11 Å². The number of carbonyl (C=O) groups is 2. The van der Waals surface area contributed by atoms with Crippen LogP contribution in [0.4, 0.5) is 0 Å². The van der Waals surface area contributed by atoms with Gasteiger partial charge in [0.15, 0.2) is 5.41 Å². The minimum absolute atomic E-state index is 0.372. The van der Waals surface area contributed by atoms with Crippen molar-refractivity contribution in [3.8, 4) is 5.75 Å². The molecule has 20 heavy (non-hydrogen) atoms. The summed E-state index contributed by atoms with van der Waals surface area (Å²) in [5, 5.41) is 0. The molecule has 1 fully saturated rings.